The molecule has 0 fully saturated rings. The highest BCUT2D eigenvalue weighted by Gasteiger charge is 1.97. The largest absolute Gasteiger partial charge is 0.450 e. The van der Waals surface area contributed by atoms with Gasteiger partial charge in [-0.15, -0.1) is 0 Å². The Hall–Kier alpha value is -0.730. The topological polar surface area (TPSA) is 38.3 Å². The quantitative estimate of drug-likeness (QED) is 0.619. The lowest BCUT2D eigenvalue weighted by Gasteiger charge is -2.03. The molecule has 0 aliphatic carbocycles. The van der Waals surface area contributed by atoms with Gasteiger partial charge in [0.2, 0.25) is 0 Å². The van der Waals surface area contributed by atoms with Crippen molar-refractivity contribution in [2.75, 3.05) is 13.2 Å². The minimum Gasteiger partial charge on any atom is -0.450 e. The molecule has 0 rings (SSSR count). The lowest BCUT2D eigenvalue weighted by molar-refractivity contribution is 0.148. The zero-order valence-corrected chi connectivity index (χ0v) is 7.06. The predicted molar refractivity (Wildman–Crippen MR) is 44.2 cm³/mol. The Kier molecular flexibility index (Phi) is 6.89. The van der Waals surface area contributed by atoms with Crippen molar-refractivity contribution >= 4 is 6.09 Å². The highest BCUT2D eigenvalue weighted by molar-refractivity contribution is 5.66. The molecule has 3 heteroatoms. The molecule has 0 aromatic heterocycles. The molecule has 1 radical (unpaired) electrons. The van der Waals surface area contributed by atoms with E-state index < -0.39 is 0 Å². The van der Waals surface area contributed by atoms with Crippen LogP contribution in [0.3, 0.4) is 0 Å². The molecular formula is C8H16NO2. The molecule has 0 aliphatic rings. The number of ether oxygens (including phenoxy) is 1. The maximum absolute atomic E-state index is 10.7. The van der Waals surface area contributed by atoms with Crippen molar-refractivity contribution in [3.63, 3.8) is 0 Å². The summed E-state index contributed by atoms with van der Waals surface area (Å²) in [5.74, 6) is 0. The molecule has 65 valence electrons. The summed E-state index contributed by atoms with van der Waals surface area (Å²) in [6, 6.07) is 0. The Morgan fingerprint density at radius 1 is 1.64 bits per heavy atom. The number of unbranched alkanes of at least 4 members (excludes halogenated alkanes) is 1. The van der Waals surface area contributed by atoms with Crippen LogP contribution in [0.5, 0.6) is 0 Å². The summed E-state index contributed by atoms with van der Waals surface area (Å²) in [5, 5.41) is 2.63. The zero-order valence-electron chi connectivity index (χ0n) is 7.06. The first-order chi connectivity index (χ1) is 5.31. The molecule has 0 saturated heterocycles. The maximum atomic E-state index is 10.7. The number of alkyl carbamates (subject to hydrolysis) is 1. The van der Waals surface area contributed by atoms with Gasteiger partial charge < -0.3 is 10.1 Å². The number of hydrogen-bond acceptors (Lipinski definition) is 2. The van der Waals surface area contributed by atoms with Gasteiger partial charge in [0.25, 0.3) is 0 Å². The van der Waals surface area contributed by atoms with Gasteiger partial charge in [-0.05, 0) is 19.8 Å². The molecule has 0 aromatic rings. The molecule has 1 N–H and O–H groups in total. The first kappa shape index (κ1) is 10.3. The van der Waals surface area contributed by atoms with E-state index in [0.717, 1.165) is 12.8 Å². The number of amides is 1. The number of carbonyl (C=O) groups excluding carboxylic acids is 1. The van der Waals surface area contributed by atoms with Crippen LogP contribution in [0.2, 0.25) is 0 Å². The lowest BCUT2D eigenvalue weighted by atomic mass is 10.3. The van der Waals surface area contributed by atoms with Gasteiger partial charge in [0.1, 0.15) is 0 Å². The van der Waals surface area contributed by atoms with Crippen LogP contribution in [-0.2, 0) is 4.74 Å². The van der Waals surface area contributed by atoms with Gasteiger partial charge in [0.15, 0.2) is 0 Å². The average Bonchev–Trinajstić information content (AvgIpc) is 2.01. The summed E-state index contributed by atoms with van der Waals surface area (Å²) >= 11 is 0. The van der Waals surface area contributed by atoms with Crippen molar-refractivity contribution in [1.82, 2.24) is 5.32 Å². The summed E-state index contributed by atoms with van der Waals surface area (Å²) in [6.07, 6.45) is 2.37. The molecule has 3 nitrogen and oxygen atoms in total. The van der Waals surface area contributed by atoms with Gasteiger partial charge in [-0.2, -0.15) is 0 Å². The van der Waals surface area contributed by atoms with E-state index in [4.69, 9.17) is 4.74 Å². The SMILES string of the molecule is [CH2]CCOC(=O)NCCCC. The molecule has 11 heavy (non-hydrogen) atoms. The number of hydrogen-bond donors (Lipinski definition) is 1. The van der Waals surface area contributed by atoms with E-state index in [0.29, 0.717) is 19.6 Å². The van der Waals surface area contributed by atoms with E-state index in [1.165, 1.54) is 0 Å². The monoisotopic (exact) mass is 158 g/mol. The Balaban J connectivity index is 3.09. The fourth-order valence-electron chi connectivity index (χ4n) is 0.583. The minimum absolute atomic E-state index is 0.331. The van der Waals surface area contributed by atoms with Crippen molar-refractivity contribution in [2.45, 2.75) is 26.2 Å². The van der Waals surface area contributed by atoms with Gasteiger partial charge in [-0.25, -0.2) is 4.79 Å². The van der Waals surface area contributed by atoms with Gasteiger partial charge in [0, 0.05) is 6.54 Å². The summed E-state index contributed by atoms with van der Waals surface area (Å²) in [7, 11) is 0. The predicted octanol–water partition coefficient (Wildman–Crippen LogP) is 1.74. The van der Waals surface area contributed by atoms with Crippen LogP contribution in [0.25, 0.3) is 0 Å². The second-order valence-electron chi connectivity index (χ2n) is 2.27. The Labute approximate surface area is 68.1 Å². The average molecular weight is 158 g/mol. The molecule has 0 heterocycles. The zero-order chi connectivity index (χ0) is 8.53. The summed E-state index contributed by atoms with van der Waals surface area (Å²) in [5.41, 5.74) is 0. The van der Waals surface area contributed by atoms with Gasteiger partial charge in [0.05, 0.1) is 6.61 Å². The van der Waals surface area contributed by atoms with Crippen LogP contribution in [0, 0.1) is 6.92 Å². The molecule has 0 atom stereocenters. The van der Waals surface area contributed by atoms with Crippen molar-refractivity contribution in [3.8, 4) is 0 Å². The van der Waals surface area contributed by atoms with Crippen LogP contribution < -0.4 is 5.32 Å². The third kappa shape index (κ3) is 7.16. The minimum atomic E-state index is -0.331. The van der Waals surface area contributed by atoms with Gasteiger partial charge >= 0.3 is 6.09 Å². The molecule has 0 unspecified atom stereocenters. The first-order valence-electron chi connectivity index (χ1n) is 4.01. The third-order valence-corrected chi connectivity index (χ3v) is 1.18. The molecule has 1 amide bonds. The fourth-order valence-corrected chi connectivity index (χ4v) is 0.583. The van der Waals surface area contributed by atoms with Gasteiger partial charge in [-0.3, -0.25) is 0 Å². The third-order valence-electron chi connectivity index (χ3n) is 1.18. The van der Waals surface area contributed by atoms with Crippen molar-refractivity contribution in [3.05, 3.63) is 6.92 Å². The highest BCUT2D eigenvalue weighted by atomic mass is 16.5. The Morgan fingerprint density at radius 2 is 2.36 bits per heavy atom. The summed E-state index contributed by atoms with van der Waals surface area (Å²) in [6.45, 7) is 6.72. The Morgan fingerprint density at radius 3 is 2.91 bits per heavy atom. The number of nitrogens with one attached hydrogen (secondary N) is 1. The van der Waals surface area contributed by atoms with Crippen molar-refractivity contribution in [2.24, 2.45) is 0 Å². The highest BCUT2D eigenvalue weighted by Crippen LogP contribution is 1.85. The second kappa shape index (κ2) is 7.38. The van der Waals surface area contributed by atoms with Crippen LogP contribution in [0.1, 0.15) is 26.2 Å². The van der Waals surface area contributed by atoms with E-state index in [-0.39, 0.29) is 6.09 Å². The first-order valence-corrected chi connectivity index (χ1v) is 4.01. The van der Waals surface area contributed by atoms with Crippen LogP contribution in [0.15, 0.2) is 0 Å². The molecule has 0 aromatic carbocycles. The van der Waals surface area contributed by atoms with Crippen LogP contribution >= 0.6 is 0 Å². The number of carbonyl (C=O) groups is 1. The van der Waals surface area contributed by atoms with E-state index >= 15 is 0 Å². The smallest absolute Gasteiger partial charge is 0.407 e. The molecule has 0 bridgehead atoms. The molecule has 0 spiro atoms. The van der Waals surface area contributed by atoms with E-state index in [2.05, 4.69) is 19.2 Å². The van der Waals surface area contributed by atoms with Crippen LogP contribution in [0.4, 0.5) is 4.79 Å². The standard InChI is InChI=1S/C8H16NO2/c1-3-5-6-9-8(10)11-7-4-2/h2-7H2,1H3,(H,9,10). The molecular weight excluding hydrogens is 142 g/mol. The molecule has 0 aliphatic heterocycles. The van der Waals surface area contributed by atoms with Gasteiger partial charge in [-0.1, -0.05) is 13.3 Å². The maximum Gasteiger partial charge on any atom is 0.407 e. The fraction of sp³-hybridized carbons (Fsp3) is 0.750. The number of rotatable bonds is 5. The van der Waals surface area contributed by atoms with E-state index in [1.807, 2.05) is 0 Å². The second-order valence-corrected chi connectivity index (χ2v) is 2.27. The normalized spacial score (nSPS) is 9.27. The summed E-state index contributed by atoms with van der Waals surface area (Å²) < 4.78 is 4.73. The lowest BCUT2D eigenvalue weighted by Crippen LogP contribution is -2.25. The van der Waals surface area contributed by atoms with E-state index in [1.54, 1.807) is 0 Å². The van der Waals surface area contributed by atoms with Crippen molar-refractivity contribution < 1.29 is 9.53 Å². The van der Waals surface area contributed by atoms with E-state index in [9.17, 15) is 4.79 Å². The summed E-state index contributed by atoms with van der Waals surface area (Å²) in [4.78, 5) is 10.7. The van der Waals surface area contributed by atoms with Crippen LogP contribution in [-0.4, -0.2) is 19.2 Å². The Bertz CT molecular complexity index is 104. The van der Waals surface area contributed by atoms with Crippen molar-refractivity contribution in [1.29, 1.82) is 0 Å². The molecule has 0 saturated carbocycles.